The van der Waals surface area contributed by atoms with E-state index in [0.29, 0.717) is 38.3 Å². The van der Waals surface area contributed by atoms with E-state index in [9.17, 15) is 9.59 Å². The molecule has 9 heteroatoms. The Morgan fingerprint density at radius 3 is 2.62 bits per heavy atom. The van der Waals surface area contributed by atoms with Crippen LogP contribution in [0.5, 0.6) is 5.75 Å². The minimum atomic E-state index is -0.395. The van der Waals surface area contributed by atoms with Gasteiger partial charge in [0, 0.05) is 0 Å². The number of hydrazone groups is 1. The Morgan fingerprint density at radius 2 is 1.78 bits per heavy atom. The van der Waals surface area contributed by atoms with Crippen molar-refractivity contribution in [2.45, 2.75) is 17.2 Å². The molecule has 0 spiro atoms. The van der Waals surface area contributed by atoms with Gasteiger partial charge in [0.25, 0.3) is 11.5 Å². The molecule has 2 aromatic heterocycles. The molecule has 0 aliphatic heterocycles. The lowest BCUT2D eigenvalue weighted by Gasteiger charge is -2.12. The third kappa shape index (κ3) is 5.62. The van der Waals surface area contributed by atoms with Crippen LogP contribution in [-0.4, -0.2) is 28.3 Å². The van der Waals surface area contributed by atoms with Crippen LogP contribution in [0.15, 0.2) is 116 Å². The largest absolute Gasteiger partial charge is 0.483 e. The van der Waals surface area contributed by atoms with Crippen LogP contribution in [0.3, 0.4) is 0 Å². The summed E-state index contributed by atoms with van der Waals surface area (Å²) in [5, 5.41) is 5.45. The molecule has 0 fully saturated rings. The van der Waals surface area contributed by atoms with Gasteiger partial charge in [-0.05, 0) is 66.7 Å². The molecule has 0 radical (unpaired) electrons. The highest BCUT2D eigenvalue weighted by Crippen LogP contribution is 2.29. The molecule has 184 valence electrons. The molecule has 0 saturated heterocycles. The Balaban J connectivity index is 1.30. The molecule has 2 heterocycles. The molecule has 0 aliphatic carbocycles. The van der Waals surface area contributed by atoms with Crippen molar-refractivity contribution in [1.29, 1.82) is 0 Å². The van der Waals surface area contributed by atoms with Crippen molar-refractivity contribution in [3.8, 4) is 11.4 Å². The first-order valence-corrected chi connectivity index (χ1v) is 12.3. The first-order valence-electron chi connectivity index (χ1n) is 11.4. The number of amides is 1. The summed E-state index contributed by atoms with van der Waals surface area (Å²) in [4.78, 5) is 30.1. The molecule has 8 nitrogen and oxygen atoms in total. The highest BCUT2D eigenvalue weighted by atomic mass is 32.2. The number of nitrogens with zero attached hydrogens (tertiary/aromatic N) is 3. The molecule has 1 amide bonds. The number of aryl methyl sites for hydroxylation is 1. The van der Waals surface area contributed by atoms with Gasteiger partial charge in [-0.2, -0.15) is 5.10 Å². The molecule has 3 aromatic carbocycles. The first kappa shape index (κ1) is 24.1. The number of aromatic nitrogens is 2. The molecule has 1 N–H and O–H groups in total. The van der Waals surface area contributed by atoms with Crippen LogP contribution in [0.1, 0.15) is 11.3 Å². The van der Waals surface area contributed by atoms with Gasteiger partial charge in [0.05, 0.1) is 22.8 Å². The summed E-state index contributed by atoms with van der Waals surface area (Å²) in [7, 11) is 0. The zero-order valence-electron chi connectivity index (χ0n) is 19.8. The normalized spacial score (nSPS) is 11.2. The lowest BCUT2D eigenvalue weighted by molar-refractivity contribution is -0.123. The summed E-state index contributed by atoms with van der Waals surface area (Å²) in [5.41, 5.74) is 4.51. The van der Waals surface area contributed by atoms with Gasteiger partial charge in [0.15, 0.2) is 16.9 Å². The minimum Gasteiger partial charge on any atom is -0.483 e. The fraction of sp³-hybridized carbons (Fsp3) is 0.0714. The predicted octanol–water partition coefficient (Wildman–Crippen LogP) is 4.97. The van der Waals surface area contributed by atoms with Crippen LogP contribution in [0.25, 0.3) is 16.6 Å². The van der Waals surface area contributed by atoms with Gasteiger partial charge >= 0.3 is 0 Å². The summed E-state index contributed by atoms with van der Waals surface area (Å²) in [6, 6.07) is 27.5. The maximum Gasteiger partial charge on any atom is 0.277 e. The molecule has 0 atom stereocenters. The van der Waals surface area contributed by atoms with Gasteiger partial charge < -0.3 is 9.15 Å². The Labute approximate surface area is 216 Å². The van der Waals surface area contributed by atoms with Crippen LogP contribution < -0.4 is 15.7 Å². The summed E-state index contributed by atoms with van der Waals surface area (Å²) in [5.74, 6) is 0.676. The van der Waals surface area contributed by atoms with Crippen LogP contribution in [0.2, 0.25) is 0 Å². The van der Waals surface area contributed by atoms with Crippen molar-refractivity contribution in [2.24, 2.45) is 5.10 Å². The number of benzene rings is 3. The molecule has 0 saturated carbocycles. The minimum absolute atomic E-state index is 0.161. The van der Waals surface area contributed by atoms with Gasteiger partial charge in [-0.15, -0.1) is 0 Å². The predicted molar refractivity (Wildman–Crippen MR) is 143 cm³/mol. The van der Waals surface area contributed by atoms with E-state index >= 15 is 0 Å². The Hall–Kier alpha value is -4.63. The number of rotatable bonds is 8. The van der Waals surface area contributed by atoms with Crippen LogP contribution in [0.4, 0.5) is 0 Å². The molecule has 0 bridgehead atoms. The quantitative estimate of drug-likeness (QED) is 0.180. The van der Waals surface area contributed by atoms with Gasteiger partial charge in [0.1, 0.15) is 11.5 Å². The van der Waals surface area contributed by atoms with Crippen LogP contribution in [-0.2, 0) is 4.79 Å². The van der Waals surface area contributed by atoms with Gasteiger partial charge in [-0.3, -0.25) is 14.2 Å². The summed E-state index contributed by atoms with van der Waals surface area (Å²) >= 11 is 1.22. The molecule has 0 aliphatic rings. The zero-order chi connectivity index (χ0) is 25.6. The van der Waals surface area contributed by atoms with Crippen LogP contribution in [0, 0.1) is 6.92 Å². The van der Waals surface area contributed by atoms with Crippen molar-refractivity contribution in [2.75, 3.05) is 6.61 Å². The number of hydrogen-bond acceptors (Lipinski definition) is 7. The third-order valence-electron chi connectivity index (χ3n) is 5.39. The highest BCUT2D eigenvalue weighted by Gasteiger charge is 2.15. The monoisotopic (exact) mass is 510 g/mol. The Bertz CT molecular complexity index is 1640. The lowest BCUT2D eigenvalue weighted by Crippen LogP contribution is -2.24. The van der Waals surface area contributed by atoms with E-state index < -0.39 is 5.91 Å². The zero-order valence-corrected chi connectivity index (χ0v) is 20.6. The SMILES string of the molecule is Cc1ccccc1OCC(=O)N/N=C\c1ccc(Sc2nc3ccccc3c(=O)n2-c2ccccc2)o1. The standard InChI is InChI=1S/C28H22N4O4S/c1-19-9-5-8-14-24(19)35-18-25(33)31-29-17-21-15-16-26(36-21)37-28-30-23-13-7-6-12-22(23)27(34)32(28)20-10-3-2-4-11-20/h2-17H,18H2,1H3,(H,31,33)/b29-17-. The van der Waals surface area contributed by atoms with E-state index in [0.717, 1.165) is 5.56 Å². The lowest BCUT2D eigenvalue weighted by atomic mass is 10.2. The van der Waals surface area contributed by atoms with Crippen molar-refractivity contribution in [3.05, 3.63) is 113 Å². The molecular weight excluding hydrogens is 488 g/mol. The number of carbonyl (C=O) groups is 1. The number of ether oxygens (including phenoxy) is 1. The van der Waals surface area contributed by atoms with Crippen molar-refractivity contribution >= 4 is 34.8 Å². The second kappa shape index (κ2) is 11.0. The van der Waals surface area contributed by atoms with Gasteiger partial charge in [-0.25, -0.2) is 10.4 Å². The van der Waals surface area contributed by atoms with E-state index in [-0.39, 0.29) is 12.2 Å². The van der Waals surface area contributed by atoms with E-state index in [4.69, 9.17) is 14.1 Å². The maximum atomic E-state index is 13.3. The summed E-state index contributed by atoms with van der Waals surface area (Å²) in [6.07, 6.45) is 1.40. The average molecular weight is 511 g/mol. The topological polar surface area (TPSA) is 98.7 Å². The van der Waals surface area contributed by atoms with Crippen molar-refractivity contribution in [3.63, 3.8) is 0 Å². The second-order valence-corrected chi connectivity index (χ2v) is 8.97. The highest BCUT2D eigenvalue weighted by molar-refractivity contribution is 7.99. The van der Waals surface area contributed by atoms with E-state index in [1.165, 1.54) is 18.0 Å². The molecule has 37 heavy (non-hydrogen) atoms. The van der Waals surface area contributed by atoms with E-state index in [1.807, 2.05) is 73.7 Å². The average Bonchev–Trinajstić information content (AvgIpc) is 3.36. The number of carbonyl (C=O) groups excluding carboxylic acids is 1. The fourth-order valence-corrected chi connectivity index (χ4v) is 4.47. The summed E-state index contributed by atoms with van der Waals surface area (Å²) < 4.78 is 12.9. The molecule has 5 rings (SSSR count). The number of para-hydroxylation sites is 3. The summed E-state index contributed by atoms with van der Waals surface area (Å²) in [6.45, 7) is 1.75. The Kier molecular flexibility index (Phi) is 7.14. The number of nitrogens with one attached hydrogen (secondary N) is 1. The van der Waals surface area contributed by atoms with Crippen LogP contribution >= 0.6 is 11.8 Å². The van der Waals surface area contributed by atoms with Crippen molar-refractivity contribution in [1.82, 2.24) is 15.0 Å². The first-order chi connectivity index (χ1) is 18.1. The molecular formula is C28H22N4O4S. The van der Waals surface area contributed by atoms with Gasteiger partial charge in [0.2, 0.25) is 0 Å². The molecule has 5 aromatic rings. The molecule has 0 unspecified atom stereocenters. The van der Waals surface area contributed by atoms with E-state index in [1.54, 1.807) is 28.8 Å². The third-order valence-corrected chi connectivity index (χ3v) is 6.26. The number of fused-ring (bicyclic) bond motifs is 1. The second-order valence-electron chi connectivity index (χ2n) is 7.99. The van der Waals surface area contributed by atoms with Crippen molar-refractivity contribution < 1.29 is 13.9 Å². The Morgan fingerprint density at radius 1 is 1.03 bits per heavy atom. The van der Waals surface area contributed by atoms with Gasteiger partial charge in [-0.1, -0.05) is 48.5 Å². The number of hydrogen-bond donors (Lipinski definition) is 1. The smallest absolute Gasteiger partial charge is 0.277 e. The van der Waals surface area contributed by atoms with E-state index in [2.05, 4.69) is 10.5 Å². The fourth-order valence-electron chi connectivity index (χ4n) is 3.60. The number of furan rings is 1. The maximum absolute atomic E-state index is 13.3.